The molecule has 0 radical (unpaired) electrons. The molecule has 0 spiro atoms. The van der Waals surface area contributed by atoms with Crippen molar-refractivity contribution in [3.63, 3.8) is 0 Å². The summed E-state index contributed by atoms with van der Waals surface area (Å²) in [5.74, 6) is 0. The molecule has 0 aromatic carbocycles. The number of aromatic nitrogens is 1. The minimum Gasteiger partial charge on any atom is -0.306 e. The minimum atomic E-state index is 0.722. The van der Waals surface area contributed by atoms with Crippen LogP contribution in [0.5, 0.6) is 0 Å². The first-order valence-electron chi connectivity index (χ1n) is 3.97. The van der Waals surface area contributed by atoms with Gasteiger partial charge < -0.3 is 4.90 Å². The highest BCUT2D eigenvalue weighted by Crippen LogP contribution is 2.14. The van der Waals surface area contributed by atoms with Crippen LogP contribution in [0.25, 0.3) is 0 Å². The summed E-state index contributed by atoms with van der Waals surface area (Å²) in [5, 5.41) is 8.67. The molecule has 0 fully saturated rings. The normalized spacial score (nSPS) is 15.1. The minimum absolute atomic E-state index is 0.722. The molecular weight excluding hydrogens is 150 g/mol. The summed E-state index contributed by atoms with van der Waals surface area (Å²) in [6.07, 6.45) is 4.85. The van der Waals surface area contributed by atoms with E-state index in [2.05, 4.69) is 11.2 Å². The third kappa shape index (κ3) is 1.12. The third-order valence-electron chi connectivity index (χ3n) is 2.11. The molecule has 3 nitrogen and oxygen atoms in total. The maximum absolute atomic E-state index is 8.67. The van der Waals surface area contributed by atoms with Crippen LogP contribution in [0.3, 0.4) is 0 Å². The quantitative estimate of drug-likeness (QED) is 0.528. The zero-order chi connectivity index (χ0) is 8.39. The summed E-state index contributed by atoms with van der Waals surface area (Å²) in [6, 6.07) is 3.95. The van der Waals surface area contributed by atoms with Gasteiger partial charge >= 0.3 is 0 Å². The van der Waals surface area contributed by atoms with Gasteiger partial charge in [0.15, 0.2) is 6.19 Å². The van der Waals surface area contributed by atoms with Crippen molar-refractivity contribution >= 4 is 0 Å². The van der Waals surface area contributed by atoms with Gasteiger partial charge in [0.1, 0.15) is 0 Å². The number of nitrogens with zero attached hydrogens (tertiary/aromatic N) is 3. The summed E-state index contributed by atoms with van der Waals surface area (Å²) in [5.41, 5.74) is 2.33. The number of hydrogen-bond donors (Lipinski definition) is 0. The van der Waals surface area contributed by atoms with E-state index in [1.807, 2.05) is 12.1 Å². The highest BCUT2D eigenvalue weighted by Gasteiger charge is 2.14. The Hall–Kier alpha value is -1.56. The highest BCUT2D eigenvalue weighted by molar-refractivity contribution is 5.22. The van der Waals surface area contributed by atoms with Crippen LogP contribution >= 0.6 is 0 Å². The average Bonchev–Trinajstić information content (AvgIpc) is 2.17. The number of rotatable bonds is 0. The molecule has 0 N–H and O–H groups in total. The first-order valence-corrected chi connectivity index (χ1v) is 3.97. The van der Waals surface area contributed by atoms with Crippen LogP contribution in [0.15, 0.2) is 18.3 Å². The second kappa shape index (κ2) is 2.82. The number of fused-ring (bicyclic) bond motifs is 1. The molecule has 0 aliphatic carbocycles. The smallest absolute Gasteiger partial charge is 0.179 e. The number of nitriles is 1. The van der Waals surface area contributed by atoms with Crippen molar-refractivity contribution in [2.75, 3.05) is 6.54 Å². The van der Waals surface area contributed by atoms with Crippen LogP contribution in [0.1, 0.15) is 11.3 Å². The average molecular weight is 159 g/mol. The van der Waals surface area contributed by atoms with E-state index >= 15 is 0 Å². The van der Waals surface area contributed by atoms with Crippen molar-refractivity contribution in [3.8, 4) is 6.19 Å². The van der Waals surface area contributed by atoms with Crippen molar-refractivity contribution < 1.29 is 0 Å². The monoisotopic (exact) mass is 159 g/mol. The molecule has 1 aromatic heterocycles. The number of hydrogen-bond acceptors (Lipinski definition) is 3. The predicted octanol–water partition coefficient (Wildman–Crippen LogP) is 0.921. The van der Waals surface area contributed by atoms with E-state index in [1.165, 1.54) is 5.56 Å². The molecule has 2 rings (SSSR count). The summed E-state index contributed by atoms with van der Waals surface area (Å²) in [6.45, 7) is 1.53. The van der Waals surface area contributed by atoms with E-state index in [-0.39, 0.29) is 0 Å². The van der Waals surface area contributed by atoms with E-state index in [0.29, 0.717) is 0 Å². The molecule has 0 unspecified atom stereocenters. The molecule has 1 aliphatic heterocycles. The fraction of sp³-hybridized carbons (Fsp3) is 0.333. The summed E-state index contributed by atoms with van der Waals surface area (Å²) >= 11 is 0. The predicted molar refractivity (Wildman–Crippen MR) is 44.0 cm³/mol. The second-order valence-corrected chi connectivity index (χ2v) is 2.88. The van der Waals surface area contributed by atoms with Crippen LogP contribution < -0.4 is 0 Å². The zero-order valence-electron chi connectivity index (χ0n) is 6.70. The van der Waals surface area contributed by atoms with E-state index in [0.717, 1.165) is 25.2 Å². The van der Waals surface area contributed by atoms with Crippen LogP contribution in [-0.4, -0.2) is 16.4 Å². The maximum atomic E-state index is 8.67. The van der Waals surface area contributed by atoms with Crippen LogP contribution in [-0.2, 0) is 13.0 Å². The summed E-state index contributed by atoms with van der Waals surface area (Å²) in [4.78, 5) is 6.01. The van der Waals surface area contributed by atoms with Crippen LogP contribution in [0.4, 0.5) is 0 Å². The molecular formula is C9H9N3. The van der Waals surface area contributed by atoms with Gasteiger partial charge in [-0.1, -0.05) is 6.07 Å². The Morgan fingerprint density at radius 3 is 3.33 bits per heavy atom. The first-order chi connectivity index (χ1) is 5.90. The Morgan fingerprint density at radius 2 is 2.50 bits per heavy atom. The van der Waals surface area contributed by atoms with Gasteiger partial charge in [-0.25, -0.2) is 0 Å². The van der Waals surface area contributed by atoms with E-state index in [4.69, 9.17) is 5.26 Å². The van der Waals surface area contributed by atoms with Gasteiger partial charge in [-0.3, -0.25) is 4.98 Å². The highest BCUT2D eigenvalue weighted by atomic mass is 15.1. The lowest BCUT2D eigenvalue weighted by Gasteiger charge is -2.22. The van der Waals surface area contributed by atoms with Crippen LogP contribution in [0.2, 0.25) is 0 Å². The lowest BCUT2D eigenvalue weighted by atomic mass is 10.1. The molecule has 1 aromatic rings. The summed E-state index contributed by atoms with van der Waals surface area (Å²) in [7, 11) is 0. The standard InChI is InChI=1S/C9H9N3/c10-7-12-5-3-9-8(6-12)2-1-4-11-9/h1-2,4H,3,5-6H2. The fourth-order valence-electron chi connectivity index (χ4n) is 1.45. The van der Waals surface area contributed by atoms with Gasteiger partial charge in [-0.15, -0.1) is 0 Å². The molecule has 2 heterocycles. The molecule has 0 saturated carbocycles. The van der Waals surface area contributed by atoms with Crippen molar-refractivity contribution in [1.29, 1.82) is 5.26 Å². The lowest BCUT2D eigenvalue weighted by Crippen LogP contribution is -2.26. The van der Waals surface area contributed by atoms with E-state index in [9.17, 15) is 0 Å². The van der Waals surface area contributed by atoms with Crippen molar-refractivity contribution in [3.05, 3.63) is 29.6 Å². The number of pyridine rings is 1. The van der Waals surface area contributed by atoms with Gasteiger partial charge in [0.05, 0.1) is 6.54 Å². The molecule has 60 valence electrons. The molecule has 0 bridgehead atoms. The van der Waals surface area contributed by atoms with Crippen LogP contribution in [0, 0.1) is 11.5 Å². The Balaban J connectivity index is 2.30. The summed E-state index contributed by atoms with van der Waals surface area (Å²) < 4.78 is 0. The topological polar surface area (TPSA) is 39.9 Å². The van der Waals surface area contributed by atoms with Gasteiger partial charge in [-0.2, -0.15) is 5.26 Å². The Labute approximate surface area is 71.3 Å². The van der Waals surface area contributed by atoms with Crippen molar-refractivity contribution in [2.45, 2.75) is 13.0 Å². The Bertz CT molecular complexity index is 327. The lowest BCUT2D eigenvalue weighted by molar-refractivity contribution is 0.364. The second-order valence-electron chi connectivity index (χ2n) is 2.88. The fourth-order valence-corrected chi connectivity index (χ4v) is 1.45. The van der Waals surface area contributed by atoms with Gasteiger partial charge in [0.25, 0.3) is 0 Å². The third-order valence-corrected chi connectivity index (χ3v) is 2.11. The molecule has 3 heteroatoms. The molecule has 0 saturated heterocycles. The van der Waals surface area contributed by atoms with E-state index < -0.39 is 0 Å². The molecule has 0 amide bonds. The molecule has 1 aliphatic rings. The largest absolute Gasteiger partial charge is 0.306 e. The van der Waals surface area contributed by atoms with Crippen molar-refractivity contribution in [2.24, 2.45) is 0 Å². The van der Waals surface area contributed by atoms with Gasteiger partial charge in [-0.05, 0) is 11.6 Å². The maximum Gasteiger partial charge on any atom is 0.179 e. The SMILES string of the molecule is N#CN1CCc2ncccc2C1. The molecule has 0 atom stereocenters. The van der Waals surface area contributed by atoms with E-state index in [1.54, 1.807) is 11.1 Å². The first kappa shape index (κ1) is 7.11. The van der Waals surface area contributed by atoms with Gasteiger partial charge in [0, 0.05) is 24.9 Å². The van der Waals surface area contributed by atoms with Gasteiger partial charge in [0.2, 0.25) is 0 Å². The van der Waals surface area contributed by atoms with Crippen molar-refractivity contribution in [1.82, 2.24) is 9.88 Å². The molecule has 12 heavy (non-hydrogen) atoms. The Morgan fingerprint density at radius 1 is 1.58 bits per heavy atom. The Kier molecular flexibility index (Phi) is 1.67. The zero-order valence-corrected chi connectivity index (χ0v) is 6.70.